The second-order valence-electron chi connectivity index (χ2n) is 8.13. The summed E-state index contributed by atoms with van der Waals surface area (Å²) in [5, 5.41) is -0.323. The van der Waals surface area contributed by atoms with E-state index < -0.39 is 14.7 Å². The summed E-state index contributed by atoms with van der Waals surface area (Å²) in [6.07, 6.45) is 5.35. The second kappa shape index (κ2) is 6.02. The van der Waals surface area contributed by atoms with E-state index in [9.17, 15) is 0 Å². The molecule has 0 bridgehead atoms. The maximum absolute atomic E-state index is 6.61. The van der Waals surface area contributed by atoms with Gasteiger partial charge in [-0.15, -0.1) is 6.42 Å². The maximum atomic E-state index is 6.61. The summed E-state index contributed by atoms with van der Waals surface area (Å²) in [6.45, 7) is 12.9. The largest absolute Gasteiger partial charge is 0.519 e. The smallest absolute Gasteiger partial charge is 0.411 e. The Balaban J connectivity index is 2.70. The highest BCUT2D eigenvalue weighted by Gasteiger charge is 2.63. The van der Waals surface area contributed by atoms with Gasteiger partial charge in [-0.2, -0.15) is 0 Å². The van der Waals surface area contributed by atoms with E-state index in [2.05, 4.69) is 47.5 Å². The third-order valence-electron chi connectivity index (χ3n) is 4.46. The monoisotopic (exact) mass is 348 g/mol. The fourth-order valence-electron chi connectivity index (χ4n) is 3.49. The van der Waals surface area contributed by atoms with Crippen molar-refractivity contribution in [3.05, 3.63) is 17.7 Å². The number of ether oxygens (including phenoxy) is 2. The molecule has 0 spiro atoms. The molecule has 4 nitrogen and oxygen atoms in total. The number of terminal acetylenes is 1. The summed E-state index contributed by atoms with van der Waals surface area (Å²) in [7, 11) is 0.488. The molecular weight excluding hydrogens is 320 g/mol. The fraction of sp³-hybridized carbons (Fsp3) is 0.579. The quantitative estimate of drug-likeness (QED) is 0.567. The molecule has 0 radical (unpaired) electrons. The molecule has 1 atom stereocenters. The minimum Gasteiger partial charge on any atom is -0.519 e. The van der Waals surface area contributed by atoms with Crippen LogP contribution in [-0.4, -0.2) is 22.8 Å². The molecule has 1 heterocycles. The van der Waals surface area contributed by atoms with E-state index in [-0.39, 0.29) is 10.1 Å². The summed E-state index contributed by atoms with van der Waals surface area (Å²) in [4.78, 5) is 0. The minimum absolute atomic E-state index is 0.162. The molecule has 0 saturated carbocycles. The van der Waals surface area contributed by atoms with Crippen LogP contribution in [0.15, 0.2) is 12.1 Å². The van der Waals surface area contributed by atoms with Gasteiger partial charge in [0.2, 0.25) is 0 Å². The van der Waals surface area contributed by atoms with Crippen LogP contribution in [0.3, 0.4) is 0 Å². The molecule has 0 saturated heterocycles. The van der Waals surface area contributed by atoms with Crippen LogP contribution in [0.1, 0.15) is 53.2 Å². The van der Waals surface area contributed by atoms with Gasteiger partial charge in [-0.25, -0.2) is 0 Å². The molecule has 24 heavy (non-hydrogen) atoms. The Morgan fingerprint density at radius 2 is 1.50 bits per heavy atom. The zero-order valence-corrected chi connectivity index (χ0v) is 16.9. The average molecular weight is 349 g/mol. The van der Waals surface area contributed by atoms with E-state index in [1.165, 1.54) is 0 Å². The Morgan fingerprint density at radius 3 is 1.92 bits per heavy atom. The molecule has 0 N–H and O–H groups in total. The molecule has 0 aliphatic carbocycles. The van der Waals surface area contributed by atoms with Crippen LogP contribution in [0.5, 0.6) is 17.2 Å². The van der Waals surface area contributed by atoms with Gasteiger partial charge in [-0.3, -0.25) is 0 Å². The SMILES string of the molecule is C#CC1O[Si](C(C)(C)C)(C(C)(C)C)Oc2cc(OC)c(OC)cc21. The van der Waals surface area contributed by atoms with E-state index in [1.807, 2.05) is 12.1 Å². The van der Waals surface area contributed by atoms with Crippen LogP contribution < -0.4 is 13.9 Å². The van der Waals surface area contributed by atoms with Gasteiger partial charge in [-0.05, 0) is 6.07 Å². The summed E-state index contributed by atoms with van der Waals surface area (Å²) in [5.41, 5.74) is 0.812. The van der Waals surface area contributed by atoms with Crippen molar-refractivity contribution in [1.82, 2.24) is 0 Å². The zero-order valence-electron chi connectivity index (χ0n) is 15.9. The third-order valence-corrected chi connectivity index (χ3v) is 9.49. The summed E-state index contributed by atoms with van der Waals surface area (Å²) < 4.78 is 24.0. The van der Waals surface area contributed by atoms with Crippen LogP contribution in [0, 0.1) is 12.3 Å². The van der Waals surface area contributed by atoms with Crippen molar-refractivity contribution in [3.63, 3.8) is 0 Å². The molecule has 0 aromatic heterocycles. The number of rotatable bonds is 2. The Hall–Kier alpha value is -1.64. The Kier molecular flexibility index (Phi) is 4.69. The first kappa shape index (κ1) is 18.7. The van der Waals surface area contributed by atoms with E-state index >= 15 is 0 Å². The van der Waals surface area contributed by atoms with Gasteiger partial charge in [0.15, 0.2) is 11.5 Å². The Bertz CT molecular complexity index is 648. The van der Waals surface area contributed by atoms with Gasteiger partial charge in [0, 0.05) is 21.7 Å². The van der Waals surface area contributed by atoms with Crippen molar-refractivity contribution in [3.8, 4) is 29.6 Å². The average Bonchev–Trinajstić information content (AvgIpc) is 2.49. The molecule has 2 rings (SSSR count). The molecule has 1 aromatic carbocycles. The number of hydrogen-bond acceptors (Lipinski definition) is 4. The molecule has 1 aliphatic heterocycles. The lowest BCUT2D eigenvalue weighted by molar-refractivity contribution is 0.131. The number of hydrogen-bond donors (Lipinski definition) is 0. The highest BCUT2D eigenvalue weighted by Crippen LogP contribution is 2.57. The Labute approximate surface area is 146 Å². The Morgan fingerprint density at radius 1 is 1.00 bits per heavy atom. The molecule has 132 valence electrons. The maximum Gasteiger partial charge on any atom is 0.411 e. The predicted molar refractivity (Wildman–Crippen MR) is 98.0 cm³/mol. The molecule has 0 fully saturated rings. The lowest BCUT2D eigenvalue weighted by atomic mass is 10.1. The van der Waals surface area contributed by atoms with Gasteiger partial charge >= 0.3 is 8.56 Å². The van der Waals surface area contributed by atoms with Crippen LogP contribution in [0.4, 0.5) is 0 Å². The van der Waals surface area contributed by atoms with Gasteiger partial charge in [0.1, 0.15) is 11.9 Å². The first-order valence-electron chi connectivity index (χ1n) is 8.09. The number of fused-ring (bicyclic) bond motifs is 1. The van der Waals surface area contributed by atoms with Crippen molar-refractivity contribution in [1.29, 1.82) is 0 Å². The molecule has 1 aliphatic rings. The van der Waals surface area contributed by atoms with Gasteiger partial charge in [0.25, 0.3) is 0 Å². The lowest BCUT2D eigenvalue weighted by Gasteiger charge is -2.52. The van der Waals surface area contributed by atoms with Crippen LogP contribution in [-0.2, 0) is 4.43 Å². The summed E-state index contributed by atoms with van der Waals surface area (Å²) >= 11 is 0. The van der Waals surface area contributed by atoms with Crippen LogP contribution in [0.2, 0.25) is 10.1 Å². The normalized spacial score (nSPS) is 19.7. The van der Waals surface area contributed by atoms with Crippen molar-refractivity contribution in [2.75, 3.05) is 14.2 Å². The number of methoxy groups -OCH3 is 2. The third kappa shape index (κ3) is 2.78. The number of benzene rings is 1. The predicted octanol–water partition coefficient (Wildman–Crippen LogP) is 4.83. The van der Waals surface area contributed by atoms with E-state index in [0.29, 0.717) is 11.5 Å². The fourth-order valence-corrected chi connectivity index (χ4v) is 8.12. The topological polar surface area (TPSA) is 36.9 Å². The van der Waals surface area contributed by atoms with Crippen molar-refractivity contribution >= 4 is 8.56 Å². The standard InChI is InChI=1S/C19H28O4Si/c1-10-14-13-11-16(20-8)17(21-9)12-15(13)23-24(22-14,18(2,3)4)19(5,6)7/h1,11-12,14H,2-9H3. The highest BCUT2D eigenvalue weighted by atomic mass is 28.4. The molecule has 0 amide bonds. The van der Waals surface area contributed by atoms with E-state index in [1.54, 1.807) is 14.2 Å². The highest BCUT2D eigenvalue weighted by molar-refractivity contribution is 6.74. The first-order chi connectivity index (χ1) is 11.0. The lowest BCUT2D eigenvalue weighted by Crippen LogP contribution is -2.61. The van der Waals surface area contributed by atoms with E-state index in [4.69, 9.17) is 24.7 Å². The molecule has 1 unspecified atom stereocenters. The summed E-state index contributed by atoms with van der Waals surface area (Å²) in [6, 6.07) is 3.71. The second-order valence-corrected chi connectivity index (χ2v) is 12.8. The van der Waals surface area contributed by atoms with Gasteiger partial charge in [0.05, 0.1) is 14.2 Å². The molecular formula is C19H28O4Si. The molecule has 5 heteroatoms. The minimum atomic E-state index is -2.72. The molecule has 1 aromatic rings. The van der Waals surface area contributed by atoms with Crippen molar-refractivity contribution in [2.45, 2.75) is 57.7 Å². The van der Waals surface area contributed by atoms with Crippen molar-refractivity contribution in [2.24, 2.45) is 0 Å². The van der Waals surface area contributed by atoms with Crippen LogP contribution in [0.25, 0.3) is 0 Å². The summed E-state index contributed by atoms with van der Waals surface area (Å²) in [5.74, 6) is 4.76. The van der Waals surface area contributed by atoms with E-state index in [0.717, 1.165) is 11.3 Å². The zero-order chi connectivity index (χ0) is 18.3. The first-order valence-corrected chi connectivity index (χ1v) is 9.91. The van der Waals surface area contributed by atoms with Gasteiger partial charge < -0.3 is 18.3 Å². The van der Waals surface area contributed by atoms with Crippen LogP contribution >= 0.6 is 0 Å². The van der Waals surface area contributed by atoms with Gasteiger partial charge in [-0.1, -0.05) is 47.5 Å². The van der Waals surface area contributed by atoms with Crippen molar-refractivity contribution < 1.29 is 18.3 Å².